The lowest BCUT2D eigenvalue weighted by Crippen LogP contribution is -2.10. The molecule has 0 aliphatic carbocycles. The standard InChI is InChI=1S/C20H20ClNS2/c1-20(2,3)16-8-4-14(5-9-16)12-23-19-22-18(13-24-19)15-6-10-17(21)11-7-15/h4-11,13H,12H2,1-3H3. The van der Waals surface area contributed by atoms with Crippen molar-refractivity contribution >= 4 is 34.7 Å². The first kappa shape index (κ1) is 17.5. The van der Waals surface area contributed by atoms with Crippen molar-refractivity contribution < 1.29 is 0 Å². The minimum Gasteiger partial charge on any atom is -0.230 e. The van der Waals surface area contributed by atoms with E-state index in [0.717, 1.165) is 26.4 Å². The molecule has 0 aliphatic heterocycles. The summed E-state index contributed by atoms with van der Waals surface area (Å²) < 4.78 is 1.10. The summed E-state index contributed by atoms with van der Waals surface area (Å²) in [5, 5.41) is 2.86. The van der Waals surface area contributed by atoms with Crippen LogP contribution in [-0.4, -0.2) is 4.98 Å². The minimum absolute atomic E-state index is 0.203. The normalized spacial score (nSPS) is 11.7. The second-order valence-electron chi connectivity index (χ2n) is 6.74. The van der Waals surface area contributed by atoms with Crippen LogP contribution in [0.2, 0.25) is 5.02 Å². The molecule has 0 atom stereocenters. The third kappa shape index (κ3) is 4.41. The van der Waals surface area contributed by atoms with Gasteiger partial charge < -0.3 is 0 Å². The van der Waals surface area contributed by atoms with Crippen LogP contribution in [0.1, 0.15) is 31.9 Å². The van der Waals surface area contributed by atoms with Gasteiger partial charge in [0.05, 0.1) is 5.69 Å². The molecule has 24 heavy (non-hydrogen) atoms. The lowest BCUT2D eigenvalue weighted by molar-refractivity contribution is 0.590. The monoisotopic (exact) mass is 373 g/mol. The van der Waals surface area contributed by atoms with Gasteiger partial charge in [0.1, 0.15) is 0 Å². The number of hydrogen-bond donors (Lipinski definition) is 0. The Morgan fingerprint density at radius 3 is 2.29 bits per heavy atom. The highest BCUT2D eigenvalue weighted by Crippen LogP contribution is 2.31. The highest BCUT2D eigenvalue weighted by molar-refractivity contribution is 8.00. The summed E-state index contributed by atoms with van der Waals surface area (Å²) >= 11 is 9.42. The fraction of sp³-hybridized carbons (Fsp3) is 0.250. The molecule has 0 amide bonds. The summed E-state index contributed by atoms with van der Waals surface area (Å²) in [7, 11) is 0. The van der Waals surface area contributed by atoms with E-state index >= 15 is 0 Å². The van der Waals surface area contributed by atoms with Gasteiger partial charge in [-0.1, -0.05) is 80.5 Å². The van der Waals surface area contributed by atoms with Gasteiger partial charge in [0.2, 0.25) is 0 Å². The molecule has 0 saturated carbocycles. The Morgan fingerprint density at radius 2 is 1.67 bits per heavy atom. The molecule has 0 radical (unpaired) electrons. The second kappa shape index (κ2) is 7.30. The molecule has 0 fully saturated rings. The van der Waals surface area contributed by atoms with E-state index in [1.807, 2.05) is 24.3 Å². The molecule has 0 spiro atoms. The largest absolute Gasteiger partial charge is 0.230 e. The van der Waals surface area contributed by atoms with Gasteiger partial charge in [-0.3, -0.25) is 0 Å². The van der Waals surface area contributed by atoms with Crippen molar-refractivity contribution in [3.05, 3.63) is 70.1 Å². The van der Waals surface area contributed by atoms with Crippen molar-refractivity contribution in [1.29, 1.82) is 0 Å². The Labute approximate surface area is 157 Å². The Balaban J connectivity index is 1.64. The molecule has 124 valence electrons. The predicted octanol–water partition coefficient (Wildman–Crippen LogP) is 7.05. The van der Waals surface area contributed by atoms with Crippen LogP contribution in [0.25, 0.3) is 11.3 Å². The molecule has 3 rings (SSSR count). The maximum atomic E-state index is 5.94. The van der Waals surface area contributed by atoms with E-state index in [2.05, 4.69) is 50.4 Å². The van der Waals surface area contributed by atoms with Crippen LogP contribution in [-0.2, 0) is 11.2 Å². The molecular weight excluding hydrogens is 354 g/mol. The Bertz CT molecular complexity index is 799. The summed E-state index contributed by atoms with van der Waals surface area (Å²) in [6.45, 7) is 6.72. The fourth-order valence-corrected chi connectivity index (χ4v) is 4.24. The van der Waals surface area contributed by atoms with E-state index < -0.39 is 0 Å². The van der Waals surface area contributed by atoms with Crippen molar-refractivity contribution in [1.82, 2.24) is 4.98 Å². The van der Waals surface area contributed by atoms with Crippen LogP contribution in [0.3, 0.4) is 0 Å². The van der Waals surface area contributed by atoms with Crippen LogP contribution in [0, 0.1) is 0 Å². The van der Waals surface area contributed by atoms with Crippen LogP contribution in [0.5, 0.6) is 0 Å². The number of thiazole rings is 1. The van der Waals surface area contributed by atoms with Crippen LogP contribution in [0.4, 0.5) is 0 Å². The van der Waals surface area contributed by atoms with Gasteiger partial charge >= 0.3 is 0 Å². The smallest absolute Gasteiger partial charge is 0.150 e. The van der Waals surface area contributed by atoms with Crippen molar-refractivity contribution in [3.8, 4) is 11.3 Å². The van der Waals surface area contributed by atoms with Crippen molar-refractivity contribution in [2.24, 2.45) is 0 Å². The van der Waals surface area contributed by atoms with Gasteiger partial charge in [-0.25, -0.2) is 4.98 Å². The molecule has 0 aliphatic rings. The van der Waals surface area contributed by atoms with Crippen LogP contribution >= 0.6 is 34.7 Å². The van der Waals surface area contributed by atoms with Gasteiger partial charge in [-0.15, -0.1) is 11.3 Å². The SMILES string of the molecule is CC(C)(C)c1ccc(CSc2nc(-c3ccc(Cl)cc3)cs2)cc1. The van der Waals surface area contributed by atoms with Crippen molar-refractivity contribution in [2.75, 3.05) is 0 Å². The first-order valence-corrected chi connectivity index (χ1v) is 10.1. The molecule has 4 heteroatoms. The first-order valence-electron chi connectivity index (χ1n) is 7.85. The zero-order chi connectivity index (χ0) is 17.2. The van der Waals surface area contributed by atoms with E-state index in [0.29, 0.717) is 0 Å². The molecule has 1 nitrogen and oxygen atoms in total. The Kier molecular flexibility index (Phi) is 5.33. The van der Waals surface area contributed by atoms with Gasteiger partial charge in [0.15, 0.2) is 4.34 Å². The molecule has 0 bridgehead atoms. The topological polar surface area (TPSA) is 12.9 Å². The van der Waals surface area contributed by atoms with E-state index in [1.54, 1.807) is 23.1 Å². The molecule has 0 N–H and O–H groups in total. The van der Waals surface area contributed by atoms with Crippen LogP contribution in [0.15, 0.2) is 58.3 Å². The second-order valence-corrected chi connectivity index (χ2v) is 9.26. The maximum Gasteiger partial charge on any atom is 0.150 e. The maximum absolute atomic E-state index is 5.94. The highest BCUT2D eigenvalue weighted by Gasteiger charge is 2.13. The number of hydrogen-bond acceptors (Lipinski definition) is 3. The lowest BCUT2D eigenvalue weighted by Gasteiger charge is -2.19. The molecule has 0 unspecified atom stereocenters. The minimum atomic E-state index is 0.203. The first-order chi connectivity index (χ1) is 11.4. The van der Waals surface area contributed by atoms with E-state index in [9.17, 15) is 0 Å². The molecule has 2 aromatic carbocycles. The fourth-order valence-electron chi connectivity index (χ4n) is 2.32. The van der Waals surface area contributed by atoms with Gasteiger partial charge in [0, 0.05) is 21.7 Å². The molecule has 3 aromatic rings. The number of halogens is 1. The van der Waals surface area contributed by atoms with Gasteiger partial charge in [-0.05, 0) is 28.7 Å². The zero-order valence-electron chi connectivity index (χ0n) is 14.0. The summed E-state index contributed by atoms with van der Waals surface area (Å²) in [6.07, 6.45) is 0. The Morgan fingerprint density at radius 1 is 1.00 bits per heavy atom. The summed E-state index contributed by atoms with van der Waals surface area (Å²) in [6, 6.07) is 16.7. The quantitative estimate of drug-likeness (QED) is 0.454. The van der Waals surface area contributed by atoms with E-state index in [-0.39, 0.29) is 5.41 Å². The number of rotatable bonds is 4. The number of nitrogens with zero attached hydrogens (tertiary/aromatic N) is 1. The van der Waals surface area contributed by atoms with Gasteiger partial charge in [0.25, 0.3) is 0 Å². The third-order valence-electron chi connectivity index (χ3n) is 3.81. The van der Waals surface area contributed by atoms with Crippen LogP contribution < -0.4 is 0 Å². The number of aromatic nitrogens is 1. The molecule has 1 aromatic heterocycles. The van der Waals surface area contributed by atoms with E-state index in [1.165, 1.54) is 11.1 Å². The molecular formula is C20H20ClNS2. The summed E-state index contributed by atoms with van der Waals surface area (Å²) in [5.74, 6) is 0.942. The van der Waals surface area contributed by atoms with E-state index in [4.69, 9.17) is 16.6 Å². The molecule has 0 saturated heterocycles. The van der Waals surface area contributed by atoms with Gasteiger partial charge in [-0.2, -0.15) is 0 Å². The summed E-state index contributed by atoms with van der Waals surface area (Å²) in [4.78, 5) is 4.72. The average Bonchev–Trinajstić information content (AvgIpc) is 3.02. The molecule has 1 heterocycles. The number of benzene rings is 2. The highest BCUT2D eigenvalue weighted by atomic mass is 35.5. The Hall–Kier alpha value is -1.29. The van der Waals surface area contributed by atoms with Crippen molar-refractivity contribution in [2.45, 2.75) is 36.3 Å². The third-order valence-corrected chi connectivity index (χ3v) is 6.15. The zero-order valence-corrected chi connectivity index (χ0v) is 16.4. The predicted molar refractivity (Wildman–Crippen MR) is 107 cm³/mol. The van der Waals surface area contributed by atoms with Crippen molar-refractivity contribution in [3.63, 3.8) is 0 Å². The lowest BCUT2D eigenvalue weighted by atomic mass is 9.87. The average molecular weight is 374 g/mol. The number of thioether (sulfide) groups is 1. The summed E-state index contributed by atoms with van der Waals surface area (Å²) in [5.41, 5.74) is 5.03.